The van der Waals surface area contributed by atoms with Crippen molar-refractivity contribution in [2.75, 3.05) is 28.4 Å². The number of amides is 1. The number of alkyl carbamates (subject to hydrolysis) is 1. The number of benzene rings is 2. The molecule has 0 spiro atoms. The number of nitrogens with zero attached hydrogens (tertiary/aromatic N) is 1. The Morgan fingerprint density at radius 1 is 0.897 bits per heavy atom. The van der Waals surface area contributed by atoms with Gasteiger partial charge in [0.2, 0.25) is 0 Å². The zero-order valence-electron chi connectivity index (χ0n) is 24.8. The lowest BCUT2D eigenvalue weighted by atomic mass is 9.69. The predicted octanol–water partition coefficient (Wildman–Crippen LogP) is 6.44. The molecule has 2 atom stereocenters. The second-order valence-electron chi connectivity index (χ2n) is 10.9. The lowest BCUT2D eigenvalue weighted by Gasteiger charge is -2.32. The highest BCUT2D eigenvalue weighted by molar-refractivity contribution is 5.68. The first-order valence-corrected chi connectivity index (χ1v) is 13.3. The van der Waals surface area contributed by atoms with Gasteiger partial charge in [-0.1, -0.05) is 26.0 Å². The first-order valence-electron chi connectivity index (χ1n) is 13.3. The van der Waals surface area contributed by atoms with Gasteiger partial charge in [-0.25, -0.2) is 4.79 Å². The Bertz CT molecular complexity index is 1130. The summed E-state index contributed by atoms with van der Waals surface area (Å²) in [5.41, 5.74) is 0.524. The van der Waals surface area contributed by atoms with Crippen molar-refractivity contribution in [1.82, 2.24) is 5.32 Å². The number of ether oxygens (including phenoxy) is 5. The molecule has 0 radical (unpaired) electrons. The van der Waals surface area contributed by atoms with Crippen LogP contribution in [0.3, 0.4) is 0 Å². The molecule has 214 valence electrons. The van der Waals surface area contributed by atoms with E-state index in [1.54, 1.807) is 28.4 Å². The lowest BCUT2D eigenvalue weighted by Crippen LogP contribution is -2.40. The van der Waals surface area contributed by atoms with E-state index in [4.69, 9.17) is 23.7 Å². The van der Waals surface area contributed by atoms with Crippen molar-refractivity contribution in [2.24, 2.45) is 5.92 Å². The molecule has 2 unspecified atom stereocenters. The molecule has 8 heteroatoms. The van der Waals surface area contributed by atoms with E-state index in [1.165, 1.54) is 0 Å². The van der Waals surface area contributed by atoms with Crippen molar-refractivity contribution in [2.45, 2.75) is 77.4 Å². The maximum absolute atomic E-state index is 12.7. The summed E-state index contributed by atoms with van der Waals surface area (Å²) >= 11 is 0. The average molecular weight is 541 g/mol. The molecule has 0 aliphatic carbocycles. The van der Waals surface area contributed by atoms with Gasteiger partial charge in [-0.05, 0) is 87.8 Å². The Balaban J connectivity index is 2.30. The summed E-state index contributed by atoms with van der Waals surface area (Å²) in [5, 5.41) is 13.5. The van der Waals surface area contributed by atoms with Gasteiger partial charge in [-0.15, -0.1) is 0 Å². The zero-order valence-corrected chi connectivity index (χ0v) is 24.8. The predicted molar refractivity (Wildman–Crippen MR) is 152 cm³/mol. The van der Waals surface area contributed by atoms with Crippen LogP contribution < -0.4 is 24.3 Å². The van der Waals surface area contributed by atoms with E-state index in [9.17, 15) is 10.1 Å². The maximum Gasteiger partial charge on any atom is 0.407 e. The molecule has 1 N–H and O–H groups in total. The minimum atomic E-state index is -0.737. The van der Waals surface area contributed by atoms with Crippen LogP contribution in [0.4, 0.5) is 4.79 Å². The fourth-order valence-electron chi connectivity index (χ4n) is 4.75. The first kappa shape index (κ1) is 31.6. The van der Waals surface area contributed by atoms with Crippen molar-refractivity contribution in [3.05, 3.63) is 47.5 Å². The van der Waals surface area contributed by atoms with E-state index in [0.29, 0.717) is 48.7 Å². The second kappa shape index (κ2) is 14.0. The van der Waals surface area contributed by atoms with Crippen LogP contribution in [0.25, 0.3) is 0 Å². The van der Waals surface area contributed by atoms with Gasteiger partial charge < -0.3 is 29.0 Å². The summed E-state index contributed by atoms with van der Waals surface area (Å²) in [5.74, 6) is 2.52. The van der Waals surface area contributed by atoms with Gasteiger partial charge in [0.05, 0.1) is 39.9 Å². The lowest BCUT2D eigenvalue weighted by molar-refractivity contribution is 0.0500. The molecule has 0 aliphatic heterocycles. The molecule has 0 heterocycles. The van der Waals surface area contributed by atoms with E-state index in [0.717, 1.165) is 11.1 Å². The third-order valence-corrected chi connectivity index (χ3v) is 6.86. The number of carbonyl (C=O) groups excluding carboxylic acids is 1. The molecule has 0 fully saturated rings. The monoisotopic (exact) mass is 540 g/mol. The topological polar surface area (TPSA) is 99.0 Å². The summed E-state index contributed by atoms with van der Waals surface area (Å²) in [6, 6.07) is 13.8. The van der Waals surface area contributed by atoms with E-state index in [2.05, 4.69) is 25.2 Å². The van der Waals surface area contributed by atoms with Gasteiger partial charge >= 0.3 is 6.09 Å². The van der Waals surface area contributed by atoms with E-state index < -0.39 is 17.1 Å². The molecular weight excluding hydrogens is 496 g/mol. The van der Waals surface area contributed by atoms with E-state index >= 15 is 0 Å². The van der Waals surface area contributed by atoms with E-state index in [-0.39, 0.29) is 12.0 Å². The first-order chi connectivity index (χ1) is 18.4. The Morgan fingerprint density at radius 2 is 1.46 bits per heavy atom. The summed E-state index contributed by atoms with van der Waals surface area (Å²) in [6.07, 6.45) is 2.06. The largest absolute Gasteiger partial charge is 0.493 e. The minimum Gasteiger partial charge on any atom is -0.493 e. The van der Waals surface area contributed by atoms with Crippen LogP contribution in [0.2, 0.25) is 0 Å². The highest BCUT2D eigenvalue weighted by Crippen LogP contribution is 2.41. The van der Waals surface area contributed by atoms with Crippen molar-refractivity contribution in [3.8, 4) is 29.1 Å². The normalized spacial score (nSPS) is 13.6. The fourth-order valence-corrected chi connectivity index (χ4v) is 4.75. The minimum absolute atomic E-state index is 0.0451. The van der Waals surface area contributed by atoms with Gasteiger partial charge in [0.25, 0.3) is 0 Å². The molecule has 2 aromatic carbocycles. The van der Waals surface area contributed by atoms with Gasteiger partial charge in [-0.2, -0.15) is 5.26 Å². The SMILES string of the molecule is COc1ccc(CC(CCCC(C#N)(c2ccc(OC)c(OC)c2)C(C)C)NC(=O)OC(C)(C)C)cc1OC. The number of hydrogen-bond donors (Lipinski definition) is 1. The fraction of sp³-hybridized carbons (Fsp3) is 0.548. The zero-order chi connectivity index (χ0) is 29.2. The van der Waals surface area contributed by atoms with Crippen molar-refractivity contribution in [3.63, 3.8) is 0 Å². The average Bonchev–Trinajstić information content (AvgIpc) is 2.89. The third kappa shape index (κ3) is 8.44. The van der Waals surface area contributed by atoms with Crippen LogP contribution in [0.5, 0.6) is 23.0 Å². The van der Waals surface area contributed by atoms with Crippen LogP contribution in [-0.2, 0) is 16.6 Å². The van der Waals surface area contributed by atoms with E-state index in [1.807, 2.05) is 57.2 Å². The van der Waals surface area contributed by atoms with Gasteiger partial charge in [-0.3, -0.25) is 0 Å². The number of nitriles is 1. The molecule has 0 saturated carbocycles. The Morgan fingerprint density at radius 3 is 1.97 bits per heavy atom. The molecule has 2 aromatic rings. The van der Waals surface area contributed by atoms with Crippen molar-refractivity contribution < 1.29 is 28.5 Å². The maximum atomic E-state index is 12.7. The van der Waals surface area contributed by atoms with Crippen molar-refractivity contribution >= 4 is 6.09 Å². The number of hydrogen-bond acceptors (Lipinski definition) is 7. The number of nitrogens with one attached hydrogen (secondary N) is 1. The number of methoxy groups -OCH3 is 4. The van der Waals surface area contributed by atoms with Crippen molar-refractivity contribution in [1.29, 1.82) is 5.26 Å². The van der Waals surface area contributed by atoms with Gasteiger partial charge in [0, 0.05) is 6.04 Å². The van der Waals surface area contributed by atoms with Crippen LogP contribution in [0.15, 0.2) is 36.4 Å². The Kier molecular flexibility index (Phi) is 11.3. The summed E-state index contributed by atoms with van der Waals surface area (Å²) in [4.78, 5) is 12.7. The van der Waals surface area contributed by atoms with Gasteiger partial charge in [0.15, 0.2) is 23.0 Å². The van der Waals surface area contributed by atoms with Crippen LogP contribution in [0.1, 0.15) is 65.0 Å². The standard InChI is InChI=1S/C31H44N2O6/c1-21(2)31(20-32,23-13-15-26(36-7)28(19-23)38-9)16-10-11-24(33-29(34)39-30(3,4)5)17-22-12-14-25(35-6)27(18-22)37-8/h12-15,18-19,21,24H,10-11,16-17H2,1-9H3,(H,33,34). The van der Waals surface area contributed by atoms with Crippen LogP contribution in [0, 0.1) is 17.2 Å². The molecule has 0 aliphatic rings. The molecular formula is C31H44N2O6. The van der Waals surface area contributed by atoms with Crippen LogP contribution in [-0.4, -0.2) is 46.2 Å². The molecule has 1 amide bonds. The molecule has 0 saturated heterocycles. The highest BCUT2D eigenvalue weighted by atomic mass is 16.6. The summed E-state index contributed by atoms with van der Waals surface area (Å²) in [7, 11) is 6.37. The Hall–Kier alpha value is -3.60. The summed E-state index contributed by atoms with van der Waals surface area (Å²) in [6.45, 7) is 9.62. The molecule has 2 rings (SSSR count). The molecule has 0 aromatic heterocycles. The number of carbonyl (C=O) groups is 1. The highest BCUT2D eigenvalue weighted by Gasteiger charge is 2.36. The number of rotatable bonds is 13. The van der Waals surface area contributed by atoms with Gasteiger partial charge in [0.1, 0.15) is 5.60 Å². The smallest absolute Gasteiger partial charge is 0.407 e. The second-order valence-corrected chi connectivity index (χ2v) is 10.9. The molecule has 39 heavy (non-hydrogen) atoms. The Labute approximate surface area is 233 Å². The quantitative estimate of drug-likeness (QED) is 0.312. The summed E-state index contributed by atoms with van der Waals surface area (Å²) < 4.78 is 27.3. The molecule has 8 nitrogen and oxygen atoms in total. The van der Waals surface area contributed by atoms with Crippen LogP contribution >= 0.6 is 0 Å². The molecule has 0 bridgehead atoms. The third-order valence-electron chi connectivity index (χ3n) is 6.86.